The Labute approximate surface area is 193 Å². The minimum atomic E-state index is -4.61. The third kappa shape index (κ3) is 4.89. The van der Waals surface area contributed by atoms with Crippen LogP contribution in [0.1, 0.15) is 36.8 Å². The second-order valence-corrected chi connectivity index (χ2v) is 8.84. The third-order valence-corrected chi connectivity index (χ3v) is 6.38. The van der Waals surface area contributed by atoms with Crippen molar-refractivity contribution in [1.82, 2.24) is 15.3 Å². The summed E-state index contributed by atoms with van der Waals surface area (Å²) in [6.45, 7) is 1.35. The van der Waals surface area contributed by atoms with Crippen molar-refractivity contribution in [3.63, 3.8) is 0 Å². The fourth-order valence-electron chi connectivity index (χ4n) is 3.79. The number of nitrogens with zero attached hydrogens (tertiary/aromatic N) is 4. The van der Waals surface area contributed by atoms with E-state index in [1.807, 2.05) is 4.90 Å². The molecule has 174 valence electrons. The molecule has 1 aliphatic carbocycles. The van der Waals surface area contributed by atoms with Gasteiger partial charge in [0.1, 0.15) is 11.2 Å². The highest BCUT2D eigenvalue weighted by atomic mass is 35.5. The maximum atomic E-state index is 13.3. The van der Waals surface area contributed by atoms with Crippen molar-refractivity contribution < 1.29 is 18.0 Å². The van der Waals surface area contributed by atoms with Crippen molar-refractivity contribution in [2.75, 3.05) is 18.0 Å². The van der Waals surface area contributed by atoms with Gasteiger partial charge in [0.25, 0.3) is 0 Å². The Morgan fingerprint density at radius 1 is 1.33 bits per heavy atom. The monoisotopic (exact) mass is 478 g/mol. The lowest BCUT2D eigenvalue weighted by Crippen LogP contribution is -2.41. The molecular weight excluding hydrogens is 457 g/mol. The molecule has 1 aliphatic heterocycles. The number of halogens is 4. The Hall–Kier alpha value is -2.90. The molecule has 0 bridgehead atoms. The fraction of sp³-hybridized carbons (Fsp3) is 0.455. The summed E-state index contributed by atoms with van der Waals surface area (Å²) in [5, 5.41) is 11.6. The lowest BCUT2D eigenvalue weighted by Gasteiger charge is -2.32. The van der Waals surface area contributed by atoms with Gasteiger partial charge >= 0.3 is 6.18 Å². The molecule has 4 rings (SSSR count). The number of alkyl halides is 3. The summed E-state index contributed by atoms with van der Waals surface area (Å²) < 4.78 is 39.9. The van der Waals surface area contributed by atoms with E-state index in [1.54, 1.807) is 0 Å². The summed E-state index contributed by atoms with van der Waals surface area (Å²) in [5.74, 6) is 0.304. The van der Waals surface area contributed by atoms with Gasteiger partial charge in [-0.25, -0.2) is 9.97 Å². The molecular formula is C22H22ClF3N6O. The quantitative estimate of drug-likeness (QED) is 0.679. The molecule has 1 aromatic carbocycles. The predicted molar refractivity (Wildman–Crippen MR) is 116 cm³/mol. The summed E-state index contributed by atoms with van der Waals surface area (Å²) in [7, 11) is 0. The molecule has 0 spiro atoms. The van der Waals surface area contributed by atoms with Gasteiger partial charge in [-0.2, -0.15) is 18.4 Å². The number of nitrogens with one attached hydrogen (secondary N) is 1. The molecule has 2 aliphatic rings. The van der Waals surface area contributed by atoms with Crippen LogP contribution >= 0.6 is 11.6 Å². The first-order valence-electron chi connectivity index (χ1n) is 10.6. The first kappa shape index (κ1) is 23.3. The maximum absolute atomic E-state index is 13.3. The molecule has 11 heteroatoms. The number of carbonyl (C=O) groups excluding carboxylic acids is 1. The first-order valence-corrected chi connectivity index (χ1v) is 10.9. The van der Waals surface area contributed by atoms with Crippen LogP contribution in [0.25, 0.3) is 11.4 Å². The molecule has 2 heterocycles. The summed E-state index contributed by atoms with van der Waals surface area (Å²) in [5.41, 5.74) is 4.88. The zero-order chi connectivity index (χ0) is 23.8. The number of benzene rings is 1. The molecule has 1 saturated heterocycles. The molecule has 1 aromatic heterocycles. The molecule has 3 N–H and O–H groups in total. The number of piperidine rings is 1. The minimum absolute atomic E-state index is 0.0710. The molecule has 1 amide bonds. The summed E-state index contributed by atoms with van der Waals surface area (Å²) >= 11 is 5.74. The van der Waals surface area contributed by atoms with E-state index in [2.05, 4.69) is 21.4 Å². The average Bonchev–Trinajstić information content (AvgIpc) is 3.59. The highest BCUT2D eigenvalue weighted by Gasteiger charge is 2.50. The molecule has 2 fully saturated rings. The SMILES string of the molecule is N#CC1(C(=O)NCc2cnc(-c3ccc(Cl)c(C(F)(F)F)c3)nc2N2CCC(N)CC2)CC1. The Bertz CT molecular complexity index is 1100. The highest BCUT2D eigenvalue weighted by molar-refractivity contribution is 6.31. The largest absolute Gasteiger partial charge is 0.417 e. The highest BCUT2D eigenvalue weighted by Crippen LogP contribution is 2.45. The summed E-state index contributed by atoms with van der Waals surface area (Å²) in [4.78, 5) is 23.2. The van der Waals surface area contributed by atoms with Gasteiger partial charge in [-0.05, 0) is 43.9 Å². The maximum Gasteiger partial charge on any atom is 0.417 e. The standard InChI is InChI=1S/C22H22ClF3N6O/c23-17-2-1-13(9-16(17)22(24,25)26)18-29-10-14(11-30-20(33)21(12-27)5-6-21)19(31-18)32-7-3-15(28)4-8-32/h1-2,9-10,15H,3-8,11,28H2,(H,30,33). The van der Waals surface area contributed by atoms with E-state index in [-0.39, 0.29) is 29.9 Å². The van der Waals surface area contributed by atoms with Gasteiger partial charge in [0.15, 0.2) is 5.82 Å². The smallest absolute Gasteiger partial charge is 0.356 e. The number of aromatic nitrogens is 2. The van der Waals surface area contributed by atoms with E-state index in [9.17, 15) is 23.2 Å². The number of anilines is 1. The number of carbonyl (C=O) groups is 1. The fourth-order valence-corrected chi connectivity index (χ4v) is 4.01. The van der Waals surface area contributed by atoms with Gasteiger partial charge in [-0.3, -0.25) is 4.79 Å². The molecule has 0 atom stereocenters. The molecule has 33 heavy (non-hydrogen) atoms. The molecule has 2 aromatic rings. The average molecular weight is 479 g/mol. The number of amides is 1. The topological polar surface area (TPSA) is 108 Å². The Morgan fingerprint density at radius 2 is 2.03 bits per heavy atom. The van der Waals surface area contributed by atoms with Crippen molar-refractivity contribution in [3.05, 3.63) is 40.5 Å². The van der Waals surface area contributed by atoms with Crippen molar-refractivity contribution in [3.8, 4) is 17.5 Å². The van der Waals surface area contributed by atoms with Crippen LogP contribution < -0.4 is 16.0 Å². The molecule has 1 saturated carbocycles. The lowest BCUT2D eigenvalue weighted by molar-refractivity contribution is -0.137. The van der Waals surface area contributed by atoms with Crippen molar-refractivity contribution in [1.29, 1.82) is 5.26 Å². The summed E-state index contributed by atoms with van der Waals surface area (Å²) in [6, 6.07) is 5.67. The molecule has 0 unspecified atom stereocenters. The van der Waals surface area contributed by atoms with Crippen LogP contribution in [0, 0.1) is 16.7 Å². The van der Waals surface area contributed by atoms with Gasteiger partial charge in [-0.1, -0.05) is 11.6 Å². The molecule has 0 radical (unpaired) electrons. The Kier molecular flexibility index (Phi) is 6.20. The zero-order valence-corrected chi connectivity index (χ0v) is 18.4. The van der Waals surface area contributed by atoms with E-state index in [1.165, 1.54) is 18.3 Å². The number of rotatable bonds is 5. The van der Waals surface area contributed by atoms with Crippen LogP contribution in [0.4, 0.5) is 19.0 Å². The Morgan fingerprint density at radius 3 is 2.64 bits per heavy atom. The second kappa shape index (κ2) is 8.80. The number of hydrogen-bond acceptors (Lipinski definition) is 6. The van der Waals surface area contributed by atoms with Crippen LogP contribution in [0.2, 0.25) is 5.02 Å². The lowest BCUT2D eigenvalue weighted by atomic mass is 10.1. The van der Waals surface area contributed by atoms with Crippen molar-refractivity contribution in [2.24, 2.45) is 11.1 Å². The number of hydrogen-bond donors (Lipinski definition) is 2. The van der Waals surface area contributed by atoms with Gasteiger partial charge in [0.05, 0.1) is 16.7 Å². The van der Waals surface area contributed by atoms with Crippen LogP contribution in [-0.2, 0) is 17.5 Å². The van der Waals surface area contributed by atoms with Gasteiger partial charge < -0.3 is 16.0 Å². The number of nitrogens with two attached hydrogens (primary N) is 1. The molecule has 7 nitrogen and oxygen atoms in total. The van der Waals surface area contributed by atoms with E-state index >= 15 is 0 Å². The van der Waals surface area contributed by atoms with Crippen molar-refractivity contribution in [2.45, 2.75) is 44.4 Å². The summed E-state index contributed by atoms with van der Waals surface area (Å²) in [6.07, 6.45) is -0.577. The van der Waals surface area contributed by atoms with E-state index in [0.717, 1.165) is 18.9 Å². The van der Waals surface area contributed by atoms with E-state index < -0.39 is 22.2 Å². The van der Waals surface area contributed by atoms with Crippen LogP contribution in [-0.4, -0.2) is 35.0 Å². The normalized spacial score (nSPS) is 18.0. The first-order chi connectivity index (χ1) is 15.6. The van der Waals surface area contributed by atoms with Crippen LogP contribution in [0.5, 0.6) is 0 Å². The van der Waals surface area contributed by atoms with Gasteiger partial charge in [0, 0.05) is 43.0 Å². The van der Waals surface area contributed by atoms with E-state index in [4.69, 9.17) is 17.3 Å². The number of nitriles is 1. The van der Waals surface area contributed by atoms with Crippen LogP contribution in [0.3, 0.4) is 0 Å². The predicted octanol–water partition coefficient (Wildman–Crippen LogP) is 3.66. The van der Waals surface area contributed by atoms with E-state index in [0.29, 0.717) is 37.3 Å². The van der Waals surface area contributed by atoms with Crippen molar-refractivity contribution >= 4 is 23.3 Å². The van der Waals surface area contributed by atoms with Gasteiger partial charge in [-0.15, -0.1) is 0 Å². The second-order valence-electron chi connectivity index (χ2n) is 8.44. The third-order valence-electron chi connectivity index (χ3n) is 6.05. The Balaban J connectivity index is 1.66. The zero-order valence-electron chi connectivity index (χ0n) is 17.6. The van der Waals surface area contributed by atoms with Crippen LogP contribution in [0.15, 0.2) is 24.4 Å². The van der Waals surface area contributed by atoms with Gasteiger partial charge in [0.2, 0.25) is 5.91 Å². The minimum Gasteiger partial charge on any atom is -0.356 e.